The average molecular weight is 463 g/mol. The van der Waals surface area contributed by atoms with Gasteiger partial charge in [-0.05, 0) is 36.9 Å². The van der Waals surface area contributed by atoms with Crippen LogP contribution in [0.15, 0.2) is 64.4 Å². The van der Waals surface area contributed by atoms with Gasteiger partial charge >= 0.3 is 0 Å². The zero-order valence-corrected chi connectivity index (χ0v) is 19.3. The van der Waals surface area contributed by atoms with E-state index < -0.39 is 0 Å². The summed E-state index contributed by atoms with van der Waals surface area (Å²) in [7, 11) is 0. The Morgan fingerprint density at radius 3 is 2.67 bits per heavy atom. The smallest absolute Gasteiger partial charge is 0.277 e. The lowest BCUT2D eigenvalue weighted by atomic mass is 10.2. The van der Waals surface area contributed by atoms with Crippen molar-refractivity contribution in [2.45, 2.75) is 12.1 Å². The number of fused-ring (bicyclic) bond motifs is 1. The predicted octanol–water partition coefficient (Wildman–Crippen LogP) is 4.09. The lowest BCUT2D eigenvalue weighted by Gasteiger charge is -2.35. The van der Waals surface area contributed by atoms with E-state index in [1.54, 1.807) is 0 Å². The van der Waals surface area contributed by atoms with Gasteiger partial charge in [-0.1, -0.05) is 36.9 Å². The first-order valence-corrected chi connectivity index (χ1v) is 12.1. The summed E-state index contributed by atoms with van der Waals surface area (Å²) >= 11 is 1.22. The van der Waals surface area contributed by atoms with E-state index in [9.17, 15) is 4.79 Å². The van der Waals surface area contributed by atoms with Gasteiger partial charge in [-0.15, -0.1) is 10.2 Å². The number of hydrogen-bond acceptors (Lipinski definition) is 7. The molecule has 1 amide bonds. The van der Waals surface area contributed by atoms with Crippen molar-refractivity contribution in [1.29, 1.82) is 0 Å². The Bertz CT molecular complexity index is 1230. The number of rotatable bonds is 7. The highest BCUT2D eigenvalue weighted by molar-refractivity contribution is 7.99. The molecular weight excluding hydrogens is 436 g/mol. The molecule has 4 aromatic rings. The van der Waals surface area contributed by atoms with Crippen LogP contribution >= 0.6 is 11.8 Å². The van der Waals surface area contributed by atoms with E-state index in [4.69, 9.17) is 4.42 Å². The van der Waals surface area contributed by atoms with E-state index in [2.05, 4.69) is 49.4 Å². The highest BCUT2D eigenvalue weighted by Crippen LogP contribution is 2.29. The van der Waals surface area contributed by atoms with Gasteiger partial charge in [0.2, 0.25) is 5.91 Å². The quantitative estimate of drug-likeness (QED) is 0.400. The lowest BCUT2D eigenvalue weighted by molar-refractivity contribution is -0.113. The highest BCUT2D eigenvalue weighted by atomic mass is 32.2. The van der Waals surface area contributed by atoms with Gasteiger partial charge in [0.1, 0.15) is 0 Å². The minimum Gasteiger partial charge on any atom is -0.411 e. The third-order valence-electron chi connectivity index (χ3n) is 5.89. The maximum absolute atomic E-state index is 12.4. The van der Waals surface area contributed by atoms with Crippen LogP contribution in [-0.2, 0) is 4.79 Å². The largest absolute Gasteiger partial charge is 0.411 e. The molecule has 0 bridgehead atoms. The molecule has 0 spiro atoms. The zero-order chi connectivity index (χ0) is 22.6. The number of aromatic nitrogens is 3. The fraction of sp³-hybridized carbons (Fsp3) is 0.292. The van der Waals surface area contributed by atoms with Crippen molar-refractivity contribution >= 4 is 39.9 Å². The van der Waals surface area contributed by atoms with Crippen molar-refractivity contribution in [3.05, 3.63) is 54.7 Å². The first-order chi connectivity index (χ1) is 16.2. The Labute approximate surface area is 196 Å². The average Bonchev–Trinajstić information content (AvgIpc) is 3.50. The summed E-state index contributed by atoms with van der Waals surface area (Å²) in [5.41, 5.74) is 3.83. The fourth-order valence-corrected chi connectivity index (χ4v) is 4.59. The van der Waals surface area contributed by atoms with Gasteiger partial charge in [0.15, 0.2) is 0 Å². The molecule has 0 aliphatic carbocycles. The standard InChI is InChI=1S/C24H26N6O2S/c1-2-29-11-13-30(14-12-29)18-9-7-17(8-10-18)26-22(31)16-33-24-28-27-23(32-24)20-15-25-21-6-4-3-5-19(20)21/h3-10,15,25H,2,11-14,16H2,1H3,(H,26,31). The number of H-pyrrole nitrogens is 1. The predicted molar refractivity (Wildman–Crippen MR) is 132 cm³/mol. The Kier molecular flexibility index (Phi) is 6.32. The van der Waals surface area contributed by atoms with Gasteiger partial charge in [-0.25, -0.2) is 0 Å². The molecule has 1 saturated heterocycles. The van der Waals surface area contributed by atoms with Gasteiger partial charge in [0.05, 0.1) is 11.3 Å². The summed E-state index contributed by atoms with van der Waals surface area (Å²) in [5, 5.41) is 12.5. The summed E-state index contributed by atoms with van der Waals surface area (Å²) in [4.78, 5) is 20.4. The van der Waals surface area contributed by atoms with Gasteiger partial charge < -0.3 is 24.5 Å². The van der Waals surface area contributed by atoms with Crippen LogP contribution in [0.2, 0.25) is 0 Å². The van der Waals surface area contributed by atoms with Crippen LogP contribution in [-0.4, -0.2) is 64.5 Å². The van der Waals surface area contributed by atoms with Crippen LogP contribution in [0.5, 0.6) is 0 Å². The molecule has 8 nitrogen and oxygen atoms in total. The number of aromatic amines is 1. The normalized spacial score (nSPS) is 14.6. The Morgan fingerprint density at radius 2 is 1.88 bits per heavy atom. The maximum atomic E-state index is 12.4. The molecule has 1 aliphatic rings. The Hall–Kier alpha value is -3.30. The number of hydrogen-bond donors (Lipinski definition) is 2. The minimum absolute atomic E-state index is 0.115. The first kappa shape index (κ1) is 21.5. The van der Waals surface area contributed by atoms with Gasteiger partial charge in [-0.2, -0.15) is 0 Å². The summed E-state index contributed by atoms with van der Waals surface area (Å²) < 4.78 is 5.77. The van der Waals surface area contributed by atoms with Gasteiger partial charge in [0, 0.05) is 54.7 Å². The number of carbonyl (C=O) groups is 1. The second kappa shape index (κ2) is 9.68. The maximum Gasteiger partial charge on any atom is 0.277 e. The second-order valence-corrected chi connectivity index (χ2v) is 8.85. The SMILES string of the molecule is CCN1CCN(c2ccc(NC(=O)CSc3nnc(-c4c[nH]c5ccccc45)o3)cc2)CC1. The van der Waals surface area contributed by atoms with E-state index in [0.29, 0.717) is 11.1 Å². The molecule has 1 aliphatic heterocycles. The van der Waals surface area contributed by atoms with E-state index in [1.165, 1.54) is 17.4 Å². The number of benzene rings is 2. The van der Waals surface area contributed by atoms with Crippen molar-refractivity contribution in [2.75, 3.05) is 48.7 Å². The number of anilines is 2. The van der Waals surface area contributed by atoms with Crippen molar-refractivity contribution < 1.29 is 9.21 Å². The molecule has 5 rings (SSSR count). The number of nitrogens with zero attached hydrogens (tertiary/aromatic N) is 4. The summed E-state index contributed by atoms with van der Waals surface area (Å²) in [6, 6.07) is 16.0. The Balaban J connectivity index is 1.14. The van der Waals surface area contributed by atoms with Gasteiger partial charge in [-0.3, -0.25) is 4.79 Å². The number of nitrogens with one attached hydrogen (secondary N) is 2. The molecule has 2 N–H and O–H groups in total. The van der Waals surface area contributed by atoms with Crippen LogP contribution in [0.25, 0.3) is 22.4 Å². The number of piperazine rings is 1. The molecule has 0 unspecified atom stereocenters. The molecule has 0 saturated carbocycles. The van der Waals surface area contributed by atoms with Crippen molar-refractivity contribution in [1.82, 2.24) is 20.1 Å². The second-order valence-electron chi connectivity index (χ2n) is 7.93. The number of thioether (sulfide) groups is 1. The highest BCUT2D eigenvalue weighted by Gasteiger charge is 2.17. The zero-order valence-electron chi connectivity index (χ0n) is 18.5. The third kappa shape index (κ3) is 4.89. The molecule has 33 heavy (non-hydrogen) atoms. The summed E-state index contributed by atoms with van der Waals surface area (Å²) in [5.74, 6) is 0.512. The van der Waals surface area contributed by atoms with Crippen LogP contribution in [0.4, 0.5) is 11.4 Å². The molecule has 0 radical (unpaired) electrons. The van der Waals surface area contributed by atoms with E-state index in [1.807, 2.05) is 42.6 Å². The number of para-hydroxylation sites is 1. The van der Waals surface area contributed by atoms with Gasteiger partial charge in [0.25, 0.3) is 11.1 Å². The topological polar surface area (TPSA) is 90.3 Å². The van der Waals surface area contributed by atoms with Crippen molar-refractivity contribution in [2.24, 2.45) is 0 Å². The molecule has 1 fully saturated rings. The van der Waals surface area contributed by atoms with Crippen molar-refractivity contribution in [3.63, 3.8) is 0 Å². The van der Waals surface area contributed by atoms with Crippen molar-refractivity contribution in [3.8, 4) is 11.5 Å². The van der Waals surface area contributed by atoms with E-state index >= 15 is 0 Å². The van der Waals surface area contributed by atoms with E-state index in [0.717, 1.165) is 54.9 Å². The summed E-state index contributed by atoms with van der Waals surface area (Å²) in [6.45, 7) is 7.53. The molecular formula is C24H26N6O2S. The number of carbonyl (C=O) groups excluding carboxylic acids is 1. The monoisotopic (exact) mass is 462 g/mol. The first-order valence-electron chi connectivity index (χ1n) is 11.1. The molecule has 0 atom stereocenters. The third-order valence-corrected chi connectivity index (χ3v) is 6.71. The number of amides is 1. The molecule has 170 valence electrons. The molecule has 9 heteroatoms. The molecule has 2 aromatic carbocycles. The molecule has 3 heterocycles. The van der Waals surface area contributed by atoms with Crippen LogP contribution in [0, 0.1) is 0 Å². The van der Waals surface area contributed by atoms with Crippen LogP contribution < -0.4 is 10.2 Å². The Morgan fingerprint density at radius 1 is 1.09 bits per heavy atom. The molecule has 2 aromatic heterocycles. The fourth-order valence-electron chi connectivity index (χ4n) is 4.03. The van der Waals surface area contributed by atoms with Crippen LogP contribution in [0.3, 0.4) is 0 Å². The lowest BCUT2D eigenvalue weighted by Crippen LogP contribution is -2.46. The van der Waals surface area contributed by atoms with E-state index in [-0.39, 0.29) is 11.7 Å². The summed E-state index contributed by atoms with van der Waals surface area (Å²) in [6.07, 6.45) is 1.85. The minimum atomic E-state index is -0.115. The number of likely N-dealkylation sites (N-methyl/N-ethyl adjacent to an activating group) is 1. The van der Waals surface area contributed by atoms with Crippen LogP contribution in [0.1, 0.15) is 6.92 Å².